The highest BCUT2D eigenvalue weighted by molar-refractivity contribution is 7.12. The maximum Gasteiger partial charge on any atom is 0.252 e. The van der Waals surface area contributed by atoms with Gasteiger partial charge in [0.25, 0.3) is 5.91 Å². The molecule has 1 amide bonds. The molecule has 0 aliphatic carbocycles. The molecule has 0 aliphatic heterocycles. The minimum absolute atomic E-state index is 0.0268. The number of aryl methyl sites for hydroxylation is 4. The Bertz CT molecular complexity index is 646. The fourth-order valence-corrected chi connectivity index (χ4v) is 3.16. The van der Waals surface area contributed by atoms with Crippen molar-refractivity contribution in [2.75, 3.05) is 13.2 Å². The minimum atomic E-state index is -0.0268. The van der Waals surface area contributed by atoms with Crippen molar-refractivity contribution in [3.8, 4) is 5.75 Å². The number of hydrogen-bond acceptors (Lipinski definition) is 3. The molecule has 21 heavy (non-hydrogen) atoms. The topological polar surface area (TPSA) is 38.3 Å². The summed E-state index contributed by atoms with van der Waals surface area (Å²) in [6.45, 7) is 9.04. The van der Waals surface area contributed by atoms with Crippen LogP contribution in [0.2, 0.25) is 0 Å². The summed E-state index contributed by atoms with van der Waals surface area (Å²) in [5, 5.41) is 2.90. The number of hydrogen-bond donors (Lipinski definition) is 1. The lowest BCUT2D eigenvalue weighted by atomic mass is 10.1. The van der Waals surface area contributed by atoms with E-state index in [2.05, 4.69) is 18.3 Å². The molecule has 1 N–H and O–H groups in total. The number of nitrogens with one attached hydrogen (secondary N) is 1. The Hall–Kier alpha value is -1.81. The molecular weight excluding hydrogens is 282 g/mol. The summed E-state index contributed by atoms with van der Waals surface area (Å²) in [6, 6.07) is 8.02. The third kappa shape index (κ3) is 4.08. The lowest BCUT2D eigenvalue weighted by Gasteiger charge is -2.10. The van der Waals surface area contributed by atoms with Gasteiger partial charge in [-0.25, -0.2) is 0 Å². The van der Waals surface area contributed by atoms with Gasteiger partial charge in [-0.05, 0) is 45.4 Å². The highest BCUT2D eigenvalue weighted by atomic mass is 32.1. The monoisotopic (exact) mass is 303 g/mol. The van der Waals surface area contributed by atoms with Crippen molar-refractivity contribution in [2.45, 2.75) is 27.7 Å². The van der Waals surface area contributed by atoms with Crippen molar-refractivity contribution >= 4 is 17.2 Å². The molecule has 0 radical (unpaired) electrons. The summed E-state index contributed by atoms with van der Waals surface area (Å²) in [6.07, 6.45) is 0. The van der Waals surface area contributed by atoms with Crippen LogP contribution in [0.15, 0.2) is 24.3 Å². The summed E-state index contributed by atoms with van der Waals surface area (Å²) in [5.74, 6) is 0.846. The molecule has 0 bridgehead atoms. The van der Waals surface area contributed by atoms with Crippen LogP contribution in [0, 0.1) is 27.7 Å². The van der Waals surface area contributed by atoms with E-state index in [1.165, 1.54) is 5.56 Å². The molecule has 2 rings (SSSR count). The molecule has 0 fully saturated rings. The fourth-order valence-electron chi connectivity index (χ4n) is 2.24. The molecule has 0 saturated carbocycles. The van der Waals surface area contributed by atoms with Crippen LogP contribution in [0.5, 0.6) is 5.75 Å². The second-order valence-electron chi connectivity index (χ2n) is 5.20. The zero-order valence-corrected chi connectivity index (χ0v) is 13.8. The smallest absolute Gasteiger partial charge is 0.252 e. The average molecular weight is 303 g/mol. The molecule has 0 aliphatic rings. The number of carbonyl (C=O) groups is 1. The zero-order chi connectivity index (χ0) is 15.4. The number of amides is 1. The predicted octanol–water partition coefficient (Wildman–Crippen LogP) is 3.79. The van der Waals surface area contributed by atoms with E-state index in [-0.39, 0.29) is 5.91 Å². The van der Waals surface area contributed by atoms with Gasteiger partial charge in [-0.3, -0.25) is 4.79 Å². The van der Waals surface area contributed by atoms with Crippen molar-refractivity contribution in [3.63, 3.8) is 0 Å². The zero-order valence-electron chi connectivity index (χ0n) is 12.9. The van der Waals surface area contributed by atoms with Crippen molar-refractivity contribution in [1.82, 2.24) is 5.32 Å². The van der Waals surface area contributed by atoms with Gasteiger partial charge in [0.05, 0.1) is 12.1 Å². The molecule has 1 heterocycles. The van der Waals surface area contributed by atoms with E-state index in [0.717, 1.165) is 26.6 Å². The molecule has 1 aromatic heterocycles. The van der Waals surface area contributed by atoms with E-state index < -0.39 is 0 Å². The predicted molar refractivity (Wildman–Crippen MR) is 87.5 cm³/mol. The van der Waals surface area contributed by atoms with Crippen LogP contribution in [0.1, 0.15) is 31.2 Å². The Morgan fingerprint density at radius 3 is 2.57 bits per heavy atom. The Morgan fingerprint density at radius 1 is 1.19 bits per heavy atom. The first-order chi connectivity index (χ1) is 9.97. The van der Waals surface area contributed by atoms with E-state index in [1.807, 2.05) is 39.0 Å². The molecule has 2 aromatic rings. The Balaban J connectivity index is 1.82. The van der Waals surface area contributed by atoms with Gasteiger partial charge in [0.2, 0.25) is 0 Å². The summed E-state index contributed by atoms with van der Waals surface area (Å²) in [7, 11) is 0. The number of rotatable bonds is 5. The molecule has 3 nitrogen and oxygen atoms in total. The van der Waals surface area contributed by atoms with Crippen LogP contribution in [0.3, 0.4) is 0 Å². The Kier molecular flexibility index (Phi) is 5.02. The SMILES string of the molecule is Cc1ccc(OCCNC(=O)c2cc(C)sc2C)c(C)c1. The number of carbonyl (C=O) groups excluding carboxylic acids is 1. The Labute approximate surface area is 130 Å². The lowest BCUT2D eigenvalue weighted by Crippen LogP contribution is -2.28. The molecule has 0 saturated heterocycles. The van der Waals surface area contributed by atoms with Gasteiger partial charge in [-0.15, -0.1) is 11.3 Å². The highest BCUT2D eigenvalue weighted by Crippen LogP contribution is 2.20. The first-order valence-corrected chi connectivity index (χ1v) is 7.84. The van der Waals surface area contributed by atoms with Gasteiger partial charge in [0.15, 0.2) is 0 Å². The largest absolute Gasteiger partial charge is 0.491 e. The molecule has 1 aromatic carbocycles. The van der Waals surface area contributed by atoms with Gasteiger partial charge in [0, 0.05) is 9.75 Å². The van der Waals surface area contributed by atoms with Gasteiger partial charge < -0.3 is 10.1 Å². The van der Waals surface area contributed by atoms with E-state index in [0.29, 0.717) is 13.2 Å². The summed E-state index contributed by atoms with van der Waals surface area (Å²) in [4.78, 5) is 14.3. The van der Waals surface area contributed by atoms with Gasteiger partial charge in [-0.1, -0.05) is 17.7 Å². The van der Waals surface area contributed by atoms with Crippen molar-refractivity contribution in [2.24, 2.45) is 0 Å². The standard InChI is InChI=1S/C17H21NO2S/c1-11-5-6-16(12(2)9-11)20-8-7-18-17(19)15-10-13(3)21-14(15)4/h5-6,9-10H,7-8H2,1-4H3,(H,18,19). The van der Waals surface area contributed by atoms with Crippen LogP contribution >= 0.6 is 11.3 Å². The Morgan fingerprint density at radius 2 is 1.95 bits per heavy atom. The van der Waals surface area contributed by atoms with Crippen LogP contribution in [-0.2, 0) is 0 Å². The average Bonchev–Trinajstić information content (AvgIpc) is 2.75. The van der Waals surface area contributed by atoms with E-state index in [1.54, 1.807) is 11.3 Å². The number of thiophene rings is 1. The summed E-state index contributed by atoms with van der Waals surface area (Å²) < 4.78 is 5.70. The molecular formula is C17H21NO2S. The van der Waals surface area contributed by atoms with Gasteiger partial charge in [-0.2, -0.15) is 0 Å². The van der Waals surface area contributed by atoms with Crippen LogP contribution in [0.25, 0.3) is 0 Å². The quantitative estimate of drug-likeness (QED) is 0.853. The van der Waals surface area contributed by atoms with Crippen molar-refractivity contribution in [1.29, 1.82) is 0 Å². The highest BCUT2D eigenvalue weighted by Gasteiger charge is 2.11. The van der Waals surface area contributed by atoms with Crippen LogP contribution in [0.4, 0.5) is 0 Å². The number of benzene rings is 1. The third-order valence-electron chi connectivity index (χ3n) is 3.26. The maximum absolute atomic E-state index is 12.0. The van der Waals surface area contributed by atoms with Gasteiger partial charge >= 0.3 is 0 Å². The normalized spacial score (nSPS) is 10.5. The third-order valence-corrected chi connectivity index (χ3v) is 4.23. The van der Waals surface area contributed by atoms with Crippen LogP contribution < -0.4 is 10.1 Å². The first kappa shape index (κ1) is 15.6. The van der Waals surface area contributed by atoms with Crippen molar-refractivity contribution in [3.05, 3.63) is 50.7 Å². The van der Waals surface area contributed by atoms with E-state index >= 15 is 0 Å². The minimum Gasteiger partial charge on any atom is -0.491 e. The van der Waals surface area contributed by atoms with E-state index in [4.69, 9.17) is 4.74 Å². The molecule has 4 heteroatoms. The molecule has 0 unspecified atom stereocenters. The number of ether oxygens (including phenoxy) is 1. The van der Waals surface area contributed by atoms with Crippen molar-refractivity contribution < 1.29 is 9.53 Å². The fraction of sp³-hybridized carbons (Fsp3) is 0.353. The van der Waals surface area contributed by atoms with Crippen LogP contribution in [-0.4, -0.2) is 19.1 Å². The summed E-state index contributed by atoms with van der Waals surface area (Å²) >= 11 is 1.64. The first-order valence-electron chi connectivity index (χ1n) is 7.02. The molecule has 112 valence electrons. The maximum atomic E-state index is 12.0. The lowest BCUT2D eigenvalue weighted by molar-refractivity contribution is 0.0947. The van der Waals surface area contributed by atoms with E-state index in [9.17, 15) is 4.79 Å². The molecule has 0 spiro atoms. The molecule has 0 atom stereocenters. The second kappa shape index (κ2) is 6.76. The van der Waals surface area contributed by atoms with Gasteiger partial charge in [0.1, 0.15) is 12.4 Å². The summed E-state index contributed by atoms with van der Waals surface area (Å²) in [5.41, 5.74) is 3.10. The second-order valence-corrected chi connectivity index (χ2v) is 6.66.